The molecule has 5 nitrogen and oxygen atoms in total. The summed E-state index contributed by atoms with van der Waals surface area (Å²) in [5, 5.41) is 11.0. The highest BCUT2D eigenvalue weighted by Gasteiger charge is 2.28. The van der Waals surface area contributed by atoms with Crippen LogP contribution in [0.1, 0.15) is 42.3 Å². The predicted molar refractivity (Wildman–Crippen MR) is 65.1 cm³/mol. The molecule has 0 heterocycles. The molecule has 17 heavy (non-hydrogen) atoms. The summed E-state index contributed by atoms with van der Waals surface area (Å²) in [5.74, 6) is -0.656. The zero-order chi connectivity index (χ0) is 13.4. The fourth-order valence-electron chi connectivity index (χ4n) is 2.03. The molecule has 1 rings (SSSR count). The number of hydrogen-bond donors (Lipinski definition) is 1. The third kappa shape index (κ3) is 2.61. The van der Waals surface area contributed by atoms with Gasteiger partial charge in [-0.25, -0.2) is 0 Å². The van der Waals surface area contributed by atoms with Gasteiger partial charge in [-0.05, 0) is 24.0 Å². The molecule has 1 amide bonds. The molecular weight excluding hydrogens is 220 g/mol. The number of aryl methyl sites for hydroxylation is 1. The van der Waals surface area contributed by atoms with E-state index in [-0.39, 0.29) is 16.7 Å². The topological polar surface area (TPSA) is 86.2 Å². The SMILES string of the molecule is Cc1cc(C(N)=O)cc([N+](=O)[O-])c1C(C)(C)C. The van der Waals surface area contributed by atoms with E-state index < -0.39 is 10.8 Å². The Morgan fingerprint density at radius 1 is 1.35 bits per heavy atom. The summed E-state index contributed by atoms with van der Waals surface area (Å²) < 4.78 is 0. The second kappa shape index (κ2) is 4.16. The second-order valence-corrected chi connectivity index (χ2v) is 5.06. The van der Waals surface area contributed by atoms with E-state index >= 15 is 0 Å². The van der Waals surface area contributed by atoms with Crippen LogP contribution in [0.15, 0.2) is 12.1 Å². The van der Waals surface area contributed by atoms with Crippen LogP contribution in [0.3, 0.4) is 0 Å². The van der Waals surface area contributed by atoms with Crippen molar-refractivity contribution in [3.05, 3.63) is 38.9 Å². The van der Waals surface area contributed by atoms with Gasteiger partial charge in [-0.2, -0.15) is 0 Å². The maximum atomic E-state index is 11.1. The van der Waals surface area contributed by atoms with Crippen molar-refractivity contribution in [1.29, 1.82) is 0 Å². The number of nitro benzene ring substituents is 1. The molecule has 0 bridgehead atoms. The highest BCUT2D eigenvalue weighted by molar-refractivity contribution is 5.94. The molecule has 0 atom stereocenters. The molecule has 0 saturated heterocycles. The third-order valence-corrected chi connectivity index (χ3v) is 2.55. The molecule has 0 aliphatic carbocycles. The summed E-state index contributed by atoms with van der Waals surface area (Å²) in [6.45, 7) is 7.44. The van der Waals surface area contributed by atoms with E-state index in [0.717, 1.165) is 0 Å². The van der Waals surface area contributed by atoms with Gasteiger partial charge in [-0.1, -0.05) is 20.8 Å². The van der Waals surface area contributed by atoms with E-state index in [9.17, 15) is 14.9 Å². The number of amides is 1. The Labute approximate surface area is 99.8 Å². The first kappa shape index (κ1) is 13.2. The summed E-state index contributed by atoms with van der Waals surface area (Å²) in [5.41, 5.74) is 6.25. The van der Waals surface area contributed by atoms with Crippen LogP contribution in [-0.2, 0) is 5.41 Å². The minimum Gasteiger partial charge on any atom is -0.366 e. The molecule has 0 unspecified atom stereocenters. The standard InChI is InChI=1S/C12H16N2O3/c1-7-5-8(11(13)15)6-9(14(16)17)10(7)12(2,3)4/h5-6H,1-4H3,(H2,13,15). The minimum absolute atomic E-state index is 0.0497. The van der Waals surface area contributed by atoms with Crippen LogP contribution in [-0.4, -0.2) is 10.8 Å². The van der Waals surface area contributed by atoms with Crippen LogP contribution >= 0.6 is 0 Å². The minimum atomic E-state index is -0.656. The quantitative estimate of drug-likeness (QED) is 0.631. The van der Waals surface area contributed by atoms with Crippen molar-refractivity contribution in [2.24, 2.45) is 5.73 Å². The average molecular weight is 236 g/mol. The Bertz CT molecular complexity index is 487. The first-order valence-electron chi connectivity index (χ1n) is 5.24. The van der Waals surface area contributed by atoms with E-state index in [1.165, 1.54) is 6.07 Å². The number of nitrogens with two attached hydrogens (primary N) is 1. The van der Waals surface area contributed by atoms with Gasteiger partial charge in [0, 0.05) is 17.2 Å². The lowest BCUT2D eigenvalue weighted by molar-refractivity contribution is -0.386. The van der Waals surface area contributed by atoms with Gasteiger partial charge in [0.1, 0.15) is 0 Å². The number of hydrogen-bond acceptors (Lipinski definition) is 3. The van der Waals surface area contributed by atoms with Crippen LogP contribution in [0, 0.1) is 17.0 Å². The van der Waals surface area contributed by atoms with Crippen molar-refractivity contribution in [3.8, 4) is 0 Å². The lowest BCUT2D eigenvalue weighted by atomic mass is 9.82. The number of primary amides is 1. The van der Waals surface area contributed by atoms with Gasteiger partial charge in [0.05, 0.1) is 4.92 Å². The summed E-state index contributed by atoms with van der Waals surface area (Å²) in [6.07, 6.45) is 0. The van der Waals surface area contributed by atoms with Crippen LogP contribution in [0.4, 0.5) is 5.69 Å². The van der Waals surface area contributed by atoms with Gasteiger partial charge >= 0.3 is 0 Å². The number of nitro groups is 1. The number of benzene rings is 1. The molecular formula is C12H16N2O3. The second-order valence-electron chi connectivity index (χ2n) is 5.06. The predicted octanol–water partition coefficient (Wildman–Crippen LogP) is 2.30. The maximum Gasteiger partial charge on any atom is 0.274 e. The van der Waals surface area contributed by atoms with Gasteiger partial charge < -0.3 is 5.73 Å². The largest absolute Gasteiger partial charge is 0.366 e. The van der Waals surface area contributed by atoms with Crippen LogP contribution < -0.4 is 5.73 Å². The number of rotatable bonds is 2. The number of nitrogens with zero attached hydrogens (tertiary/aromatic N) is 1. The molecule has 1 aromatic carbocycles. The molecule has 0 spiro atoms. The summed E-state index contributed by atoms with van der Waals surface area (Å²) in [7, 11) is 0. The van der Waals surface area contributed by atoms with E-state index in [2.05, 4.69) is 0 Å². The maximum absolute atomic E-state index is 11.1. The highest BCUT2D eigenvalue weighted by atomic mass is 16.6. The summed E-state index contributed by atoms with van der Waals surface area (Å²) in [6, 6.07) is 2.84. The van der Waals surface area contributed by atoms with E-state index in [1.54, 1.807) is 13.0 Å². The van der Waals surface area contributed by atoms with E-state index in [0.29, 0.717) is 11.1 Å². The summed E-state index contributed by atoms with van der Waals surface area (Å²) >= 11 is 0. The zero-order valence-electron chi connectivity index (χ0n) is 10.4. The van der Waals surface area contributed by atoms with Crippen molar-refractivity contribution >= 4 is 11.6 Å². The number of carbonyl (C=O) groups excluding carboxylic acids is 1. The molecule has 0 fully saturated rings. The Hall–Kier alpha value is -1.91. The first-order chi connectivity index (χ1) is 7.64. The van der Waals surface area contributed by atoms with Crippen molar-refractivity contribution in [2.45, 2.75) is 33.1 Å². The number of carbonyl (C=O) groups is 1. The zero-order valence-corrected chi connectivity index (χ0v) is 10.4. The van der Waals surface area contributed by atoms with Crippen molar-refractivity contribution < 1.29 is 9.72 Å². The van der Waals surface area contributed by atoms with Gasteiger partial charge in [0.15, 0.2) is 0 Å². The highest BCUT2D eigenvalue weighted by Crippen LogP contribution is 2.34. The van der Waals surface area contributed by atoms with Crippen LogP contribution in [0.5, 0.6) is 0 Å². The molecule has 0 aromatic heterocycles. The van der Waals surface area contributed by atoms with Crippen molar-refractivity contribution in [3.63, 3.8) is 0 Å². The van der Waals surface area contributed by atoms with Crippen LogP contribution in [0.2, 0.25) is 0 Å². The van der Waals surface area contributed by atoms with Crippen LogP contribution in [0.25, 0.3) is 0 Å². The van der Waals surface area contributed by atoms with Gasteiger partial charge in [-0.15, -0.1) is 0 Å². The van der Waals surface area contributed by atoms with E-state index in [1.807, 2.05) is 20.8 Å². The molecule has 92 valence electrons. The molecule has 1 aromatic rings. The fraction of sp³-hybridized carbons (Fsp3) is 0.417. The first-order valence-corrected chi connectivity index (χ1v) is 5.24. The van der Waals surface area contributed by atoms with Crippen molar-refractivity contribution in [2.75, 3.05) is 0 Å². The molecule has 5 heteroatoms. The average Bonchev–Trinajstić information content (AvgIpc) is 2.13. The Morgan fingerprint density at radius 2 is 1.88 bits per heavy atom. The lowest BCUT2D eigenvalue weighted by Gasteiger charge is -2.21. The Morgan fingerprint density at radius 3 is 2.24 bits per heavy atom. The Balaban J connectivity index is 3.61. The van der Waals surface area contributed by atoms with E-state index in [4.69, 9.17) is 5.73 Å². The third-order valence-electron chi connectivity index (χ3n) is 2.55. The monoisotopic (exact) mass is 236 g/mol. The summed E-state index contributed by atoms with van der Waals surface area (Å²) in [4.78, 5) is 21.7. The normalized spacial score (nSPS) is 11.3. The molecule has 0 aliphatic heterocycles. The Kier molecular flexibility index (Phi) is 3.22. The molecule has 2 N–H and O–H groups in total. The molecule has 0 saturated carbocycles. The lowest BCUT2D eigenvalue weighted by Crippen LogP contribution is -2.18. The van der Waals surface area contributed by atoms with Gasteiger partial charge in [0.2, 0.25) is 5.91 Å². The molecule has 0 radical (unpaired) electrons. The molecule has 0 aliphatic rings. The smallest absolute Gasteiger partial charge is 0.274 e. The fourth-order valence-corrected chi connectivity index (χ4v) is 2.03. The van der Waals surface area contributed by atoms with Gasteiger partial charge in [-0.3, -0.25) is 14.9 Å². The van der Waals surface area contributed by atoms with Crippen molar-refractivity contribution in [1.82, 2.24) is 0 Å². The van der Waals surface area contributed by atoms with Gasteiger partial charge in [0.25, 0.3) is 5.69 Å².